The van der Waals surface area contributed by atoms with Crippen LogP contribution in [0.25, 0.3) is 0 Å². The number of hydrogen-bond donors (Lipinski definition) is 2. The van der Waals surface area contributed by atoms with Gasteiger partial charge in [0.15, 0.2) is 11.5 Å². The zero-order valence-electron chi connectivity index (χ0n) is 13.4. The van der Waals surface area contributed by atoms with E-state index in [1.54, 1.807) is 32.0 Å². The summed E-state index contributed by atoms with van der Waals surface area (Å²) in [6.45, 7) is 3.42. The number of para-hydroxylation sites is 2. The molecule has 3 atom stereocenters. The molecule has 1 aromatic rings. The number of carbonyl (C=O) groups excluding carboxylic acids is 1. The molecule has 2 rings (SSSR count). The average molecular weight is 323 g/mol. The summed E-state index contributed by atoms with van der Waals surface area (Å²) in [4.78, 5) is 23.5. The molecule has 0 spiro atoms. The fourth-order valence-corrected chi connectivity index (χ4v) is 2.56. The zero-order chi connectivity index (χ0) is 17.0. The molecule has 0 saturated carbocycles. The molecule has 0 aromatic heterocycles. The van der Waals surface area contributed by atoms with Crippen LogP contribution in [0.15, 0.2) is 24.3 Å². The highest BCUT2D eigenvalue weighted by Crippen LogP contribution is 2.33. The number of aliphatic carboxylic acids is 1. The number of amides is 1. The molecular formula is C16H21NO6. The van der Waals surface area contributed by atoms with E-state index < -0.39 is 29.6 Å². The van der Waals surface area contributed by atoms with Crippen LogP contribution < -0.4 is 14.8 Å². The van der Waals surface area contributed by atoms with E-state index in [9.17, 15) is 9.59 Å². The predicted molar refractivity (Wildman–Crippen MR) is 81.6 cm³/mol. The minimum absolute atomic E-state index is 0.0730. The summed E-state index contributed by atoms with van der Waals surface area (Å²) in [7, 11) is 1.45. The predicted octanol–water partition coefficient (Wildman–Crippen LogP) is 1.21. The lowest BCUT2D eigenvalue weighted by molar-refractivity contribution is -0.141. The number of nitrogens with one attached hydrogen (secondary N) is 1. The summed E-state index contributed by atoms with van der Waals surface area (Å²) in [6.07, 6.45) is -1.62. The van der Waals surface area contributed by atoms with Gasteiger partial charge in [0.1, 0.15) is 6.10 Å². The van der Waals surface area contributed by atoms with Gasteiger partial charge < -0.3 is 24.6 Å². The molecule has 23 heavy (non-hydrogen) atoms. The Kier molecular flexibility index (Phi) is 5.10. The van der Waals surface area contributed by atoms with Gasteiger partial charge in [0.2, 0.25) is 6.10 Å². The largest absolute Gasteiger partial charge is 0.482 e. The van der Waals surface area contributed by atoms with Crippen LogP contribution in [0.1, 0.15) is 20.3 Å². The van der Waals surface area contributed by atoms with Crippen LogP contribution in [-0.2, 0) is 14.3 Å². The number of methoxy groups -OCH3 is 1. The average Bonchev–Trinajstić information content (AvgIpc) is 2.45. The Morgan fingerprint density at radius 2 is 1.91 bits per heavy atom. The third kappa shape index (κ3) is 4.13. The van der Waals surface area contributed by atoms with Crippen LogP contribution >= 0.6 is 0 Å². The smallest absolute Gasteiger partial charge is 0.305 e. The van der Waals surface area contributed by atoms with Gasteiger partial charge in [-0.15, -0.1) is 0 Å². The Balaban J connectivity index is 2.11. The van der Waals surface area contributed by atoms with Crippen molar-refractivity contribution in [1.29, 1.82) is 0 Å². The highest BCUT2D eigenvalue weighted by atomic mass is 16.6. The standard InChI is InChI=1S/C16H21NO6/c1-10-14(23-12-7-5-4-6-11(12)22-10)15(20)17-16(2,9-21-3)8-13(18)19/h4-7,10,14H,8-9H2,1-3H3,(H,17,20)(H,18,19). The first-order valence-corrected chi connectivity index (χ1v) is 7.30. The van der Waals surface area contributed by atoms with Crippen molar-refractivity contribution in [2.45, 2.75) is 38.0 Å². The van der Waals surface area contributed by atoms with Crippen molar-refractivity contribution in [2.75, 3.05) is 13.7 Å². The first kappa shape index (κ1) is 17.1. The minimum atomic E-state index is -1.03. The molecule has 2 N–H and O–H groups in total. The molecule has 0 saturated heterocycles. The summed E-state index contributed by atoms with van der Waals surface area (Å²) in [5.41, 5.74) is -1.03. The number of carboxylic acids is 1. The molecule has 1 amide bonds. The molecule has 7 heteroatoms. The fraction of sp³-hybridized carbons (Fsp3) is 0.500. The molecule has 0 aliphatic carbocycles. The van der Waals surface area contributed by atoms with Crippen molar-refractivity contribution in [3.8, 4) is 11.5 Å². The number of carboxylic acid groups (broad SMARTS) is 1. The number of hydrogen-bond acceptors (Lipinski definition) is 5. The molecule has 0 fully saturated rings. The summed E-state index contributed by atoms with van der Waals surface area (Å²) < 4.78 is 16.4. The van der Waals surface area contributed by atoms with E-state index in [1.807, 2.05) is 6.07 Å². The molecule has 7 nitrogen and oxygen atoms in total. The zero-order valence-corrected chi connectivity index (χ0v) is 13.4. The van der Waals surface area contributed by atoms with E-state index in [1.165, 1.54) is 7.11 Å². The van der Waals surface area contributed by atoms with E-state index in [0.717, 1.165) is 0 Å². The quantitative estimate of drug-likeness (QED) is 0.817. The van der Waals surface area contributed by atoms with Crippen molar-refractivity contribution >= 4 is 11.9 Å². The summed E-state index contributed by atoms with van der Waals surface area (Å²) in [5.74, 6) is -0.400. The lowest BCUT2D eigenvalue weighted by Crippen LogP contribution is -2.58. The Morgan fingerprint density at radius 3 is 2.48 bits per heavy atom. The Bertz CT molecular complexity index is 590. The van der Waals surface area contributed by atoms with Crippen LogP contribution in [0.2, 0.25) is 0 Å². The second kappa shape index (κ2) is 6.87. The van der Waals surface area contributed by atoms with Gasteiger partial charge in [-0.3, -0.25) is 9.59 Å². The lowest BCUT2D eigenvalue weighted by Gasteiger charge is -2.35. The van der Waals surface area contributed by atoms with Crippen molar-refractivity contribution in [3.63, 3.8) is 0 Å². The second-order valence-electron chi connectivity index (χ2n) is 5.86. The lowest BCUT2D eigenvalue weighted by atomic mass is 9.98. The van der Waals surface area contributed by atoms with Gasteiger partial charge in [0, 0.05) is 7.11 Å². The Hall–Kier alpha value is -2.28. The Labute approximate surface area is 134 Å². The van der Waals surface area contributed by atoms with Gasteiger partial charge in [0.25, 0.3) is 5.91 Å². The van der Waals surface area contributed by atoms with E-state index in [4.69, 9.17) is 19.3 Å². The molecule has 126 valence electrons. The number of benzene rings is 1. The van der Waals surface area contributed by atoms with E-state index in [2.05, 4.69) is 5.32 Å². The molecule has 1 heterocycles. The topological polar surface area (TPSA) is 94.1 Å². The second-order valence-corrected chi connectivity index (χ2v) is 5.86. The number of ether oxygens (including phenoxy) is 3. The maximum absolute atomic E-state index is 12.5. The van der Waals surface area contributed by atoms with Gasteiger partial charge in [-0.1, -0.05) is 12.1 Å². The van der Waals surface area contributed by atoms with Crippen molar-refractivity contribution in [1.82, 2.24) is 5.32 Å². The van der Waals surface area contributed by atoms with Gasteiger partial charge in [-0.05, 0) is 26.0 Å². The van der Waals surface area contributed by atoms with E-state index in [0.29, 0.717) is 11.5 Å². The van der Waals surface area contributed by atoms with Crippen molar-refractivity contribution in [2.24, 2.45) is 0 Å². The molecule has 1 aliphatic rings. The molecule has 0 bridgehead atoms. The van der Waals surface area contributed by atoms with Crippen molar-refractivity contribution < 1.29 is 28.9 Å². The molecule has 0 radical (unpaired) electrons. The molecule has 1 aliphatic heterocycles. The van der Waals surface area contributed by atoms with Gasteiger partial charge in [0.05, 0.1) is 18.6 Å². The first-order valence-electron chi connectivity index (χ1n) is 7.30. The van der Waals surface area contributed by atoms with Crippen LogP contribution in [0.4, 0.5) is 0 Å². The van der Waals surface area contributed by atoms with Gasteiger partial charge in [-0.25, -0.2) is 0 Å². The van der Waals surface area contributed by atoms with Crippen LogP contribution in [-0.4, -0.2) is 48.4 Å². The van der Waals surface area contributed by atoms with Crippen LogP contribution in [0.3, 0.4) is 0 Å². The maximum Gasteiger partial charge on any atom is 0.305 e. The molecule has 3 unspecified atom stereocenters. The number of carbonyl (C=O) groups is 2. The first-order chi connectivity index (χ1) is 10.8. The van der Waals surface area contributed by atoms with Crippen LogP contribution in [0, 0.1) is 0 Å². The SMILES string of the molecule is COCC(C)(CC(=O)O)NC(=O)C1Oc2ccccc2OC1C. The molecular weight excluding hydrogens is 302 g/mol. The monoisotopic (exact) mass is 323 g/mol. The number of rotatable bonds is 6. The number of fused-ring (bicyclic) bond motifs is 1. The molecule has 1 aromatic carbocycles. The van der Waals surface area contributed by atoms with Gasteiger partial charge in [-0.2, -0.15) is 0 Å². The maximum atomic E-state index is 12.5. The third-order valence-electron chi connectivity index (χ3n) is 3.53. The summed E-state index contributed by atoms with van der Waals surface area (Å²) in [6, 6.07) is 7.08. The van der Waals surface area contributed by atoms with Crippen molar-refractivity contribution in [3.05, 3.63) is 24.3 Å². The Morgan fingerprint density at radius 1 is 1.30 bits per heavy atom. The minimum Gasteiger partial charge on any atom is -0.482 e. The van der Waals surface area contributed by atoms with Gasteiger partial charge >= 0.3 is 5.97 Å². The fourth-order valence-electron chi connectivity index (χ4n) is 2.56. The highest BCUT2D eigenvalue weighted by molar-refractivity contribution is 5.83. The normalized spacial score (nSPS) is 22.0. The highest BCUT2D eigenvalue weighted by Gasteiger charge is 2.38. The third-order valence-corrected chi connectivity index (χ3v) is 3.53. The summed E-state index contributed by atoms with van der Waals surface area (Å²) >= 11 is 0. The van der Waals surface area contributed by atoms with E-state index >= 15 is 0 Å². The van der Waals surface area contributed by atoms with Crippen LogP contribution in [0.5, 0.6) is 11.5 Å². The summed E-state index contributed by atoms with van der Waals surface area (Å²) in [5, 5.41) is 11.7. The van der Waals surface area contributed by atoms with E-state index in [-0.39, 0.29) is 13.0 Å².